The molecule has 130 valence electrons. The number of carbonyl (C=O) groups excluding carboxylic acids is 2. The second-order valence-electron chi connectivity index (χ2n) is 5.01. The summed E-state index contributed by atoms with van der Waals surface area (Å²) < 4.78 is 18.2. The molecule has 25 heavy (non-hydrogen) atoms. The van der Waals surface area contributed by atoms with Crippen molar-refractivity contribution in [2.45, 2.75) is 13.0 Å². The van der Waals surface area contributed by atoms with Crippen molar-refractivity contribution >= 4 is 23.3 Å². The number of nitro groups is 1. The third-order valence-corrected chi connectivity index (χ3v) is 3.17. The summed E-state index contributed by atoms with van der Waals surface area (Å²) >= 11 is 0. The average Bonchev–Trinajstić information content (AvgIpc) is 2.56. The second-order valence-corrected chi connectivity index (χ2v) is 5.01. The number of nitro benzene ring substituents is 1. The molecule has 1 atom stereocenters. The summed E-state index contributed by atoms with van der Waals surface area (Å²) in [7, 11) is 0. The molecule has 2 N–H and O–H groups in total. The number of nitrogens with one attached hydrogen (secondary N) is 1. The Morgan fingerprint density at radius 3 is 2.48 bits per heavy atom. The van der Waals surface area contributed by atoms with E-state index in [1.54, 1.807) is 0 Å². The van der Waals surface area contributed by atoms with Crippen molar-refractivity contribution in [1.29, 1.82) is 0 Å². The van der Waals surface area contributed by atoms with Crippen LogP contribution in [0.15, 0.2) is 42.5 Å². The number of amides is 1. The lowest BCUT2D eigenvalue weighted by Gasteiger charge is -2.13. The smallest absolute Gasteiger partial charge is 0.338 e. The van der Waals surface area contributed by atoms with Gasteiger partial charge in [-0.1, -0.05) is 0 Å². The number of anilines is 1. The molecule has 0 aliphatic rings. The van der Waals surface area contributed by atoms with E-state index in [0.29, 0.717) is 0 Å². The molecule has 0 radical (unpaired) electrons. The van der Waals surface area contributed by atoms with Crippen molar-refractivity contribution in [3.05, 3.63) is 64.0 Å². The number of aromatic hydroxyl groups is 1. The standard InChI is InChI=1S/C16H13FN2O6/c1-9(25-16(22)10-2-5-12(20)6-3-10)15(21)18-11-4-7-13(17)14(8-11)19(23)24/h2-9,20H,1H3,(H,18,21)/t9-/m0/s1. The predicted molar refractivity (Wildman–Crippen MR) is 84.7 cm³/mol. The van der Waals surface area contributed by atoms with Crippen molar-refractivity contribution in [2.24, 2.45) is 0 Å². The zero-order valence-electron chi connectivity index (χ0n) is 12.9. The van der Waals surface area contributed by atoms with Gasteiger partial charge < -0.3 is 15.2 Å². The second kappa shape index (κ2) is 7.39. The number of phenols is 1. The van der Waals surface area contributed by atoms with Gasteiger partial charge >= 0.3 is 11.7 Å². The number of halogens is 1. The number of phenolic OH excluding ortho intramolecular Hbond substituents is 1. The van der Waals surface area contributed by atoms with Crippen molar-refractivity contribution < 1.29 is 28.7 Å². The summed E-state index contributed by atoms with van der Waals surface area (Å²) in [5, 5.41) is 22.2. The molecule has 0 bridgehead atoms. The normalized spacial score (nSPS) is 11.4. The number of benzene rings is 2. The van der Waals surface area contributed by atoms with Crippen LogP contribution in [0.25, 0.3) is 0 Å². The van der Waals surface area contributed by atoms with Crippen LogP contribution in [-0.4, -0.2) is 28.0 Å². The van der Waals surface area contributed by atoms with E-state index < -0.39 is 34.4 Å². The Morgan fingerprint density at radius 2 is 1.88 bits per heavy atom. The number of carbonyl (C=O) groups is 2. The van der Waals surface area contributed by atoms with E-state index in [1.165, 1.54) is 31.2 Å². The van der Waals surface area contributed by atoms with Crippen LogP contribution in [0.2, 0.25) is 0 Å². The summed E-state index contributed by atoms with van der Waals surface area (Å²) in [4.78, 5) is 33.7. The van der Waals surface area contributed by atoms with E-state index in [9.17, 15) is 24.1 Å². The Bertz CT molecular complexity index is 822. The molecule has 0 saturated carbocycles. The summed E-state index contributed by atoms with van der Waals surface area (Å²) in [6, 6.07) is 8.09. The van der Waals surface area contributed by atoms with E-state index >= 15 is 0 Å². The molecule has 0 saturated heterocycles. The van der Waals surface area contributed by atoms with Crippen LogP contribution in [0, 0.1) is 15.9 Å². The van der Waals surface area contributed by atoms with Gasteiger partial charge in [0.1, 0.15) is 5.75 Å². The molecule has 0 aliphatic carbocycles. The third-order valence-electron chi connectivity index (χ3n) is 3.17. The maximum absolute atomic E-state index is 13.3. The average molecular weight is 348 g/mol. The molecule has 0 heterocycles. The van der Waals surface area contributed by atoms with Gasteiger partial charge in [0.15, 0.2) is 6.10 Å². The zero-order chi connectivity index (χ0) is 18.6. The first kappa shape index (κ1) is 17.9. The summed E-state index contributed by atoms with van der Waals surface area (Å²) in [5.41, 5.74) is -0.660. The van der Waals surface area contributed by atoms with Crippen LogP contribution in [0.4, 0.5) is 15.8 Å². The van der Waals surface area contributed by atoms with E-state index in [1.807, 2.05) is 0 Å². The Hall–Kier alpha value is -3.49. The molecule has 0 fully saturated rings. The topological polar surface area (TPSA) is 119 Å². The fourth-order valence-electron chi connectivity index (χ4n) is 1.85. The van der Waals surface area contributed by atoms with Gasteiger partial charge in [0.2, 0.25) is 5.82 Å². The lowest BCUT2D eigenvalue weighted by molar-refractivity contribution is -0.387. The summed E-state index contributed by atoms with van der Waals surface area (Å²) in [6.45, 7) is 1.31. The van der Waals surface area contributed by atoms with Crippen LogP contribution in [0.3, 0.4) is 0 Å². The fraction of sp³-hybridized carbons (Fsp3) is 0.125. The van der Waals surface area contributed by atoms with Crippen LogP contribution in [0.5, 0.6) is 5.75 Å². The molecule has 0 aliphatic heterocycles. The minimum absolute atomic E-state index is 0.00867. The van der Waals surface area contributed by atoms with E-state index in [-0.39, 0.29) is 17.0 Å². The molecule has 9 heteroatoms. The Balaban J connectivity index is 2.03. The predicted octanol–water partition coefficient (Wildman–Crippen LogP) is 2.62. The zero-order valence-corrected chi connectivity index (χ0v) is 12.9. The molecule has 0 aromatic heterocycles. The fourth-order valence-corrected chi connectivity index (χ4v) is 1.85. The summed E-state index contributed by atoms with van der Waals surface area (Å²) in [5.74, 6) is -2.59. The van der Waals surface area contributed by atoms with Crippen molar-refractivity contribution in [3.63, 3.8) is 0 Å². The van der Waals surface area contributed by atoms with Crippen molar-refractivity contribution in [2.75, 3.05) is 5.32 Å². The maximum atomic E-state index is 13.3. The number of hydrogen-bond acceptors (Lipinski definition) is 6. The van der Waals surface area contributed by atoms with Gasteiger partial charge in [0.25, 0.3) is 5.91 Å². The van der Waals surface area contributed by atoms with Gasteiger partial charge in [-0.3, -0.25) is 14.9 Å². The van der Waals surface area contributed by atoms with Gasteiger partial charge in [-0.2, -0.15) is 4.39 Å². The third kappa shape index (κ3) is 4.50. The lowest BCUT2D eigenvalue weighted by atomic mass is 10.2. The Morgan fingerprint density at radius 1 is 1.24 bits per heavy atom. The summed E-state index contributed by atoms with van der Waals surface area (Å²) in [6.07, 6.45) is -1.20. The number of esters is 1. The molecule has 1 amide bonds. The number of hydrogen-bond donors (Lipinski definition) is 2. The maximum Gasteiger partial charge on any atom is 0.338 e. The van der Waals surface area contributed by atoms with Crippen LogP contribution >= 0.6 is 0 Å². The number of rotatable bonds is 5. The minimum Gasteiger partial charge on any atom is -0.508 e. The molecular weight excluding hydrogens is 335 g/mol. The first-order valence-electron chi connectivity index (χ1n) is 7.02. The molecule has 2 aromatic carbocycles. The molecule has 2 rings (SSSR count). The van der Waals surface area contributed by atoms with E-state index in [4.69, 9.17) is 9.84 Å². The largest absolute Gasteiger partial charge is 0.508 e. The molecular formula is C16H13FN2O6. The van der Waals surface area contributed by atoms with Gasteiger partial charge in [-0.05, 0) is 43.3 Å². The van der Waals surface area contributed by atoms with Gasteiger partial charge in [-0.25, -0.2) is 4.79 Å². The highest BCUT2D eigenvalue weighted by atomic mass is 19.1. The monoisotopic (exact) mass is 348 g/mol. The number of ether oxygens (including phenoxy) is 1. The van der Waals surface area contributed by atoms with Gasteiger partial charge in [0.05, 0.1) is 10.5 Å². The first-order chi connectivity index (χ1) is 11.8. The van der Waals surface area contributed by atoms with Crippen LogP contribution < -0.4 is 5.32 Å². The van der Waals surface area contributed by atoms with Crippen molar-refractivity contribution in [1.82, 2.24) is 0 Å². The van der Waals surface area contributed by atoms with Gasteiger partial charge in [0, 0.05) is 11.8 Å². The van der Waals surface area contributed by atoms with E-state index in [0.717, 1.165) is 18.2 Å². The Labute approximate surface area is 141 Å². The SMILES string of the molecule is C[C@H](OC(=O)c1ccc(O)cc1)C(=O)Nc1ccc(F)c([N+](=O)[O-])c1. The molecule has 8 nitrogen and oxygen atoms in total. The highest BCUT2D eigenvalue weighted by molar-refractivity contribution is 5.97. The highest BCUT2D eigenvalue weighted by Crippen LogP contribution is 2.22. The lowest BCUT2D eigenvalue weighted by Crippen LogP contribution is -2.30. The van der Waals surface area contributed by atoms with Crippen LogP contribution in [0.1, 0.15) is 17.3 Å². The van der Waals surface area contributed by atoms with Crippen molar-refractivity contribution in [3.8, 4) is 5.75 Å². The first-order valence-corrected chi connectivity index (χ1v) is 7.02. The van der Waals surface area contributed by atoms with Gasteiger partial charge in [-0.15, -0.1) is 0 Å². The molecule has 2 aromatic rings. The highest BCUT2D eigenvalue weighted by Gasteiger charge is 2.21. The molecule has 0 spiro atoms. The Kier molecular flexibility index (Phi) is 5.28. The van der Waals surface area contributed by atoms with Crippen LogP contribution in [-0.2, 0) is 9.53 Å². The minimum atomic E-state index is -1.20. The number of nitrogens with zero attached hydrogens (tertiary/aromatic N) is 1. The van der Waals surface area contributed by atoms with E-state index in [2.05, 4.69) is 5.32 Å². The quantitative estimate of drug-likeness (QED) is 0.487. The molecule has 0 unspecified atom stereocenters.